The van der Waals surface area contributed by atoms with Gasteiger partial charge < -0.3 is 10.1 Å². The highest BCUT2D eigenvalue weighted by Crippen LogP contribution is 2.24. The van der Waals surface area contributed by atoms with Crippen LogP contribution in [-0.2, 0) is 4.79 Å². The Bertz CT molecular complexity index is 935. The normalized spacial score (nSPS) is 12.8. The van der Waals surface area contributed by atoms with Crippen LogP contribution in [0.5, 0.6) is 5.75 Å². The van der Waals surface area contributed by atoms with Crippen LogP contribution in [0.25, 0.3) is 0 Å². The lowest BCUT2D eigenvalue weighted by Crippen LogP contribution is -2.29. The Kier molecular flexibility index (Phi) is 4.53. The lowest BCUT2D eigenvalue weighted by atomic mass is 10.1. The number of nitrogens with zero attached hydrogens (tertiary/aromatic N) is 1. The van der Waals surface area contributed by atoms with E-state index in [1.165, 1.54) is 31.2 Å². The molecule has 7 nitrogen and oxygen atoms in total. The van der Waals surface area contributed by atoms with Crippen molar-refractivity contribution in [2.45, 2.75) is 13.8 Å². The molecule has 3 amide bonds. The monoisotopic (exact) mass is 352 g/mol. The zero-order chi connectivity index (χ0) is 18.8. The summed E-state index contributed by atoms with van der Waals surface area (Å²) in [5.41, 5.74) is 1.20. The van der Waals surface area contributed by atoms with E-state index in [0.29, 0.717) is 17.0 Å². The average Bonchev–Trinajstić information content (AvgIpc) is 2.84. The molecule has 1 aliphatic rings. The van der Waals surface area contributed by atoms with Crippen LogP contribution >= 0.6 is 0 Å². The second kappa shape index (κ2) is 6.79. The number of ether oxygens (including phenoxy) is 1. The summed E-state index contributed by atoms with van der Waals surface area (Å²) in [5.74, 6) is -1.35. The first kappa shape index (κ1) is 17.3. The molecule has 3 rings (SSSR count). The van der Waals surface area contributed by atoms with E-state index in [1.807, 2.05) is 0 Å². The maximum Gasteiger partial charge on any atom is 0.308 e. The molecule has 0 unspecified atom stereocenters. The van der Waals surface area contributed by atoms with Crippen molar-refractivity contribution in [3.8, 4) is 5.75 Å². The van der Waals surface area contributed by atoms with Crippen molar-refractivity contribution in [3.05, 3.63) is 59.2 Å². The van der Waals surface area contributed by atoms with Gasteiger partial charge in [-0.3, -0.25) is 24.1 Å². The molecular formula is C19H16N2O5. The number of amides is 3. The maximum absolute atomic E-state index is 12.5. The van der Waals surface area contributed by atoms with Crippen molar-refractivity contribution < 1.29 is 23.9 Å². The number of hydrogen-bond donors (Lipinski definition) is 1. The number of fused-ring (bicyclic) bond motifs is 1. The summed E-state index contributed by atoms with van der Waals surface area (Å²) in [6.07, 6.45) is 0. The molecular weight excluding hydrogens is 336 g/mol. The minimum absolute atomic E-state index is 0.221. The van der Waals surface area contributed by atoms with Gasteiger partial charge in [-0.2, -0.15) is 0 Å². The van der Waals surface area contributed by atoms with Crippen LogP contribution in [-0.4, -0.2) is 35.1 Å². The van der Waals surface area contributed by atoms with E-state index in [-0.39, 0.29) is 23.6 Å². The third-order valence-electron chi connectivity index (χ3n) is 3.90. The topological polar surface area (TPSA) is 92.8 Å². The van der Waals surface area contributed by atoms with Crippen molar-refractivity contribution in [2.75, 3.05) is 11.9 Å². The van der Waals surface area contributed by atoms with Crippen LogP contribution in [0.4, 0.5) is 5.69 Å². The quantitative estimate of drug-likeness (QED) is 0.518. The van der Waals surface area contributed by atoms with Gasteiger partial charge in [0.2, 0.25) is 0 Å². The highest BCUT2D eigenvalue weighted by Gasteiger charge is 2.34. The van der Waals surface area contributed by atoms with Crippen LogP contribution in [0.3, 0.4) is 0 Å². The number of hydrogen-bond acceptors (Lipinski definition) is 5. The maximum atomic E-state index is 12.5. The van der Waals surface area contributed by atoms with Gasteiger partial charge in [-0.25, -0.2) is 0 Å². The molecule has 2 aromatic carbocycles. The standard InChI is InChI=1S/C19H16N2O5/c1-3-21-18(24)15-8-7-12(9-16(15)19(21)25)17(23)20-13-5-4-6-14(10-13)26-11(2)22/h4-10H,3H2,1-2H3,(H,20,23). The molecule has 1 aliphatic heterocycles. The van der Waals surface area contributed by atoms with Crippen molar-refractivity contribution in [1.29, 1.82) is 0 Å². The second-order valence-electron chi connectivity index (χ2n) is 5.69. The van der Waals surface area contributed by atoms with Gasteiger partial charge in [0.1, 0.15) is 5.75 Å². The van der Waals surface area contributed by atoms with E-state index >= 15 is 0 Å². The summed E-state index contributed by atoms with van der Waals surface area (Å²) >= 11 is 0. The largest absolute Gasteiger partial charge is 0.427 e. The Hall–Kier alpha value is -3.48. The van der Waals surface area contributed by atoms with Crippen molar-refractivity contribution in [3.63, 3.8) is 0 Å². The van der Waals surface area contributed by atoms with Crippen LogP contribution in [0.1, 0.15) is 44.9 Å². The fourth-order valence-electron chi connectivity index (χ4n) is 2.73. The molecule has 0 radical (unpaired) electrons. The minimum atomic E-state index is -0.462. The van der Waals surface area contributed by atoms with Gasteiger partial charge in [0.05, 0.1) is 11.1 Å². The zero-order valence-corrected chi connectivity index (χ0v) is 14.2. The molecule has 0 aliphatic carbocycles. The number of rotatable bonds is 4. The Morgan fingerprint density at radius 2 is 1.77 bits per heavy atom. The lowest BCUT2D eigenvalue weighted by Gasteiger charge is -2.09. The Morgan fingerprint density at radius 3 is 2.46 bits per heavy atom. The molecule has 0 saturated heterocycles. The third kappa shape index (κ3) is 3.19. The third-order valence-corrected chi connectivity index (χ3v) is 3.90. The van der Waals surface area contributed by atoms with Gasteiger partial charge in [-0.15, -0.1) is 0 Å². The molecule has 0 bridgehead atoms. The fourth-order valence-corrected chi connectivity index (χ4v) is 2.73. The van der Waals surface area contributed by atoms with E-state index in [2.05, 4.69) is 5.32 Å². The molecule has 0 fully saturated rings. The zero-order valence-electron chi connectivity index (χ0n) is 14.2. The highest BCUT2D eigenvalue weighted by molar-refractivity contribution is 6.22. The number of carbonyl (C=O) groups is 4. The predicted molar refractivity (Wildman–Crippen MR) is 93.2 cm³/mol. The van der Waals surface area contributed by atoms with E-state index in [0.717, 1.165) is 4.90 Å². The SMILES string of the molecule is CCN1C(=O)c2ccc(C(=O)Nc3cccc(OC(C)=O)c3)cc2C1=O. The van der Waals surface area contributed by atoms with Crippen molar-refractivity contribution >= 4 is 29.4 Å². The van der Waals surface area contributed by atoms with E-state index in [4.69, 9.17) is 4.74 Å². The van der Waals surface area contributed by atoms with Crippen LogP contribution in [0.2, 0.25) is 0 Å². The summed E-state index contributed by atoms with van der Waals surface area (Å²) in [7, 11) is 0. The molecule has 7 heteroatoms. The van der Waals surface area contributed by atoms with Gasteiger partial charge >= 0.3 is 5.97 Å². The number of imide groups is 1. The number of esters is 1. The van der Waals surface area contributed by atoms with E-state index in [9.17, 15) is 19.2 Å². The molecule has 0 aromatic heterocycles. The molecule has 0 spiro atoms. The van der Waals surface area contributed by atoms with Gasteiger partial charge in [0.25, 0.3) is 17.7 Å². The minimum Gasteiger partial charge on any atom is -0.427 e. The lowest BCUT2D eigenvalue weighted by molar-refractivity contribution is -0.131. The number of carbonyl (C=O) groups excluding carboxylic acids is 4. The van der Waals surface area contributed by atoms with Crippen molar-refractivity contribution in [2.24, 2.45) is 0 Å². The number of benzene rings is 2. The Morgan fingerprint density at radius 1 is 1.04 bits per heavy atom. The summed E-state index contributed by atoms with van der Waals surface area (Å²) in [6, 6.07) is 10.8. The second-order valence-corrected chi connectivity index (χ2v) is 5.69. The van der Waals surface area contributed by atoms with Crippen LogP contribution in [0, 0.1) is 0 Å². The summed E-state index contributed by atoms with van der Waals surface area (Å²) in [5, 5.41) is 2.67. The van der Waals surface area contributed by atoms with Gasteiger partial charge in [0, 0.05) is 30.8 Å². The first-order valence-electron chi connectivity index (χ1n) is 8.00. The molecule has 1 N–H and O–H groups in total. The first-order chi connectivity index (χ1) is 12.4. The number of nitrogens with one attached hydrogen (secondary N) is 1. The van der Waals surface area contributed by atoms with Gasteiger partial charge in [0.15, 0.2) is 0 Å². The van der Waals surface area contributed by atoms with Gasteiger partial charge in [-0.1, -0.05) is 6.07 Å². The fraction of sp³-hybridized carbons (Fsp3) is 0.158. The summed E-state index contributed by atoms with van der Waals surface area (Å²) < 4.78 is 4.97. The molecule has 1 heterocycles. The number of anilines is 1. The highest BCUT2D eigenvalue weighted by atomic mass is 16.5. The predicted octanol–water partition coefficient (Wildman–Crippen LogP) is 2.48. The summed E-state index contributed by atoms with van der Waals surface area (Å²) in [6.45, 7) is 3.27. The molecule has 26 heavy (non-hydrogen) atoms. The molecule has 0 saturated carbocycles. The average molecular weight is 352 g/mol. The molecule has 132 valence electrons. The molecule has 2 aromatic rings. The first-order valence-corrected chi connectivity index (χ1v) is 8.00. The van der Waals surface area contributed by atoms with Gasteiger partial charge in [-0.05, 0) is 37.3 Å². The van der Waals surface area contributed by atoms with Crippen LogP contribution in [0.15, 0.2) is 42.5 Å². The van der Waals surface area contributed by atoms with Crippen molar-refractivity contribution in [1.82, 2.24) is 4.90 Å². The Labute approximate surface area is 149 Å². The van der Waals surface area contributed by atoms with Crippen LogP contribution < -0.4 is 10.1 Å². The Balaban J connectivity index is 1.82. The molecule has 0 atom stereocenters. The smallest absolute Gasteiger partial charge is 0.308 e. The van der Waals surface area contributed by atoms with E-state index < -0.39 is 17.8 Å². The van der Waals surface area contributed by atoms with E-state index in [1.54, 1.807) is 25.1 Å². The summed E-state index contributed by atoms with van der Waals surface area (Å²) in [4.78, 5) is 48.9.